The van der Waals surface area contributed by atoms with E-state index in [1.807, 2.05) is 0 Å². The summed E-state index contributed by atoms with van der Waals surface area (Å²) in [6.07, 6.45) is 1.54. The molecule has 1 aliphatic heterocycles. The fraction of sp³-hybridized carbons (Fsp3) is 0.227. The quantitative estimate of drug-likeness (QED) is 0.489. The first kappa shape index (κ1) is 22.6. The molecule has 32 heavy (non-hydrogen) atoms. The number of ketones is 1. The summed E-state index contributed by atoms with van der Waals surface area (Å²) in [6, 6.07) is 8.25. The topological polar surface area (TPSA) is 141 Å². The lowest BCUT2D eigenvalue weighted by Crippen LogP contribution is -2.45. The lowest BCUT2D eigenvalue weighted by Gasteiger charge is -2.12. The molecule has 1 atom stereocenters. The number of fused-ring (bicyclic) bond motifs is 1. The Balaban J connectivity index is 1.73. The van der Waals surface area contributed by atoms with E-state index in [0.29, 0.717) is 22.6 Å². The first-order chi connectivity index (χ1) is 15.4. The number of carboxylic acid groups (broad SMARTS) is 1. The van der Waals surface area contributed by atoms with Gasteiger partial charge in [0.2, 0.25) is 5.78 Å². The van der Waals surface area contributed by atoms with Crippen molar-refractivity contribution in [3.8, 4) is 23.0 Å². The molecule has 0 saturated carbocycles. The molecule has 1 aliphatic rings. The molecule has 10 nitrogen and oxygen atoms in total. The summed E-state index contributed by atoms with van der Waals surface area (Å²) in [5.74, 6) is -0.901. The smallest absolute Gasteiger partial charge is 0.328 e. The number of para-hydroxylation sites is 1. The number of allylic oxidation sites excluding steroid dienone is 1. The molecule has 168 valence electrons. The van der Waals surface area contributed by atoms with Gasteiger partial charge in [-0.25, -0.2) is 4.79 Å². The van der Waals surface area contributed by atoms with Crippen molar-refractivity contribution in [3.05, 3.63) is 53.3 Å². The minimum Gasteiger partial charge on any atom is -0.493 e. The van der Waals surface area contributed by atoms with Crippen molar-refractivity contribution >= 4 is 23.7 Å². The van der Waals surface area contributed by atoms with Crippen LogP contribution in [0.25, 0.3) is 6.08 Å². The summed E-state index contributed by atoms with van der Waals surface area (Å²) in [5.41, 5.74) is 0.911. The predicted molar refractivity (Wildman–Crippen MR) is 111 cm³/mol. The van der Waals surface area contributed by atoms with Crippen LogP contribution in [0.4, 0.5) is 0 Å². The molecule has 2 aromatic carbocycles. The Morgan fingerprint density at radius 3 is 2.62 bits per heavy atom. The van der Waals surface area contributed by atoms with E-state index in [1.165, 1.54) is 32.4 Å². The van der Waals surface area contributed by atoms with Gasteiger partial charge in [-0.1, -0.05) is 12.1 Å². The number of carbonyl (C=O) groups excluding carboxylic acids is 2. The van der Waals surface area contributed by atoms with Gasteiger partial charge in [0, 0.05) is 11.6 Å². The average Bonchev–Trinajstić information content (AvgIpc) is 3.10. The number of aliphatic carboxylic acids is 1. The summed E-state index contributed by atoms with van der Waals surface area (Å²) in [7, 11) is 3.00. The van der Waals surface area contributed by atoms with E-state index >= 15 is 0 Å². The summed E-state index contributed by atoms with van der Waals surface area (Å²) < 4.78 is 21.6. The van der Waals surface area contributed by atoms with Crippen LogP contribution in [-0.2, 0) is 9.59 Å². The standard InChI is InChI=1S/C22H21NO9/c1-29-16-5-3-4-12(21(16)30-2)8-18-20(26)14-7-6-13(9-17(14)32-18)31-11-19(25)23-15(10-24)22(27)28/h3-9,15,24H,10-11H2,1-2H3,(H,23,25)(H,27,28). The van der Waals surface area contributed by atoms with Gasteiger partial charge in [-0.15, -0.1) is 0 Å². The fourth-order valence-corrected chi connectivity index (χ4v) is 2.99. The zero-order valence-electron chi connectivity index (χ0n) is 17.3. The van der Waals surface area contributed by atoms with Crippen molar-refractivity contribution < 1.29 is 43.5 Å². The van der Waals surface area contributed by atoms with Gasteiger partial charge in [0.1, 0.15) is 17.5 Å². The molecule has 0 bridgehead atoms. The molecular formula is C22H21NO9. The van der Waals surface area contributed by atoms with Crippen LogP contribution in [0.5, 0.6) is 23.0 Å². The molecule has 2 aromatic rings. The van der Waals surface area contributed by atoms with E-state index < -0.39 is 31.1 Å². The third-order valence-corrected chi connectivity index (χ3v) is 4.55. The number of amides is 1. The number of carbonyl (C=O) groups is 3. The summed E-state index contributed by atoms with van der Waals surface area (Å²) in [4.78, 5) is 35.4. The Morgan fingerprint density at radius 2 is 1.97 bits per heavy atom. The molecule has 0 aliphatic carbocycles. The van der Waals surface area contributed by atoms with Gasteiger partial charge in [-0.3, -0.25) is 9.59 Å². The van der Waals surface area contributed by atoms with Gasteiger partial charge in [-0.2, -0.15) is 0 Å². The van der Waals surface area contributed by atoms with Crippen molar-refractivity contribution in [2.24, 2.45) is 0 Å². The molecule has 1 heterocycles. The fourth-order valence-electron chi connectivity index (χ4n) is 2.99. The number of nitrogens with one attached hydrogen (secondary N) is 1. The molecule has 3 rings (SSSR count). The Morgan fingerprint density at radius 1 is 1.19 bits per heavy atom. The minimum atomic E-state index is -1.42. The maximum atomic E-state index is 12.7. The van der Waals surface area contributed by atoms with E-state index in [1.54, 1.807) is 24.3 Å². The maximum absolute atomic E-state index is 12.7. The molecule has 0 fully saturated rings. The highest BCUT2D eigenvalue weighted by molar-refractivity contribution is 6.14. The number of aliphatic hydroxyl groups excluding tert-OH is 1. The molecule has 3 N–H and O–H groups in total. The first-order valence-electron chi connectivity index (χ1n) is 9.43. The molecule has 0 saturated heterocycles. The third-order valence-electron chi connectivity index (χ3n) is 4.55. The number of carboxylic acids is 1. The highest BCUT2D eigenvalue weighted by Crippen LogP contribution is 2.37. The van der Waals surface area contributed by atoms with Gasteiger partial charge < -0.3 is 34.5 Å². The molecule has 0 aromatic heterocycles. The van der Waals surface area contributed by atoms with E-state index in [9.17, 15) is 14.4 Å². The second kappa shape index (κ2) is 9.84. The molecular weight excluding hydrogens is 422 g/mol. The van der Waals surface area contributed by atoms with Gasteiger partial charge >= 0.3 is 5.97 Å². The summed E-state index contributed by atoms with van der Waals surface area (Å²) in [6.45, 7) is -1.23. The molecule has 1 unspecified atom stereocenters. The van der Waals surface area contributed by atoms with Crippen LogP contribution in [0.3, 0.4) is 0 Å². The number of ether oxygens (including phenoxy) is 4. The van der Waals surface area contributed by atoms with Crippen LogP contribution in [0.1, 0.15) is 15.9 Å². The van der Waals surface area contributed by atoms with Crippen LogP contribution < -0.4 is 24.3 Å². The number of methoxy groups -OCH3 is 2. The van der Waals surface area contributed by atoms with E-state index in [0.717, 1.165) is 0 Å². The lowest BCUT2D eigenvalue weighted by atomic mass is 10.1. The highest BCUT2D eigenvalue weighted by Gasteiger charge is 2.28. The van der Waals surface area contributed by atoms with Crippen LogP contribution in [0, 0.1) is 0 Å². The van der Waals surface area contributed by atoms with Gasteiger partial charge in [0.25, 0.3) is 5.91 Å². The number of hydrogen-bond acceptors (Lipinski definition) is 8. The Hall–Kier alpha value is -4.05. The molecule has 0 spiro atoms. The van der Waals surface area contributed by atoms with Crippen LogP contribution in [0.15, 0.2) is 42.2 Å². The van der Waals surface area contributed by atoms with Gasteiger partial charge in [-0.05, 0) is 24.3 Å². The average molecular weight is 443 g/mol. The molecule has 0 radical (unpaired) electrons. The Labute approximate surface area is 183 Å². The Kier molecular flexibility index (Phi) is 6.96. The lowest BCUT2D eigenvalue weighted by molar-refractivity contribution is -0.143. The number of aliphatic hydroxyl groups is 1. The predicted octanol–water partition coefficient (Wildman–Crippen LogP) is 1.26. The largest absolute Gasteiger partial charge is 0.493 e. The second-order valence-corrected chi connectivity index (χ2v) is 6.61. The Bertz CT molecular complexity index is 1080. The second-order valence-electron chi connectivity index (χ2n) is 6.61. The third kappa shape index (κ3) is 4.81. The van der Waals surface area contributed by atoms with E-state index in [4.69, 9.17) is 29.2 Å². The zero-order chi connectivity index (χ0) is 23.3. The number of hydrogen-bond donors (Lipinski definition) is 3. The zero-order valence-corrected chi connectivity index (χ0v) is 17.3. The van der Waals surface area contributed by atoms with Crippen molar-refractivity contribution in [1.82, 2.24) is 5.32 Å². The first-order valence-corrected chi connectivity index (χ1v) is 9.43. The van der Waals surface area contributed by atoms with E-state index in [-0.39, 0.29) is 23.0 Å². The molecule has 10 heteroatoms. The van der Waals surface area contributed by atoms with Crippen LogP contribution >= 0.6 is 0 Å². The van der Waals surface area contributed by atoms with Crippen molar-refractivity contribution in [1.29, 1.82) is 0 Å². The normalized spacial score (nSPS) is 14.3. The summed E-state index contributed by atoms with van der Waals surface area (Å²) in [5, 5.41) is 19.9. The van der Waals surface area contributed by atoms with Crippen LogP contribution in [0.2, 0.25) is 0 Å². The van der Waals surface area contributed by atoms with E-state index in [2.05, 4.69) is 5.32 Å². The maximum Gasteiger partial charge on any atom is 0.328 e. The van der Waals surface area contributed by atoms with Crippen LogP contribution in [-0.4, -0.2) is 61.3 Å². The number of benzene rings is 2. The number of rotatable bonds is 9. The van der Waals surface area contributed by atoms with Gasteiger partial charge in [0.15, 0.2) is 23.9 Å². The monoisotopic (exact) mass is 443 g/mol. The molecule has 1 amide bonds. The van der Waals surface area contributed by atoms with Crippen molar-refractivity contribution in [3.63, 3.8) is 0 Å². The van der Waals surface area contributed by atoms with Crippen molar-refractivity contribution in [2.45, 2.75) is 6.04 Å². The minimum absolute atomic E-state index is 0.0775. The SMILES string of the molecule is COc1cccc(C=C2Oc3cc(OCC(=O)NC(CO)C(=O)O)ccc3C2=O)c1OC. The summed E-state index contributed by atoms with van der Waals surface area (Å²) >= 11 is 0. The van der Waals surface area contributed by atoms with Gasteiger partial charge in [0.05, 0.1) is 26.4 Å². The highest BCUT2D eigenvalue weighted by atomic mass is 16.5. The van der Waals surface area contributed by atoms with Crippen molar-refractivity contribution in [2.75, 3.05) is 27.4 Å². The number of Topliss-reactive ketones (excluding diaryl/α,β-unsaturated/α-hetero) is 1.